The van der Waals surface area contributed by atoms with Crippen LogP contribution in [0.5, 0.6) is 0 Å². The molecule has 0 spiro atoms. The first kappa shape index (κ1) is 24.2. The first-order chi connectivity index (χ1) is 12.5. The summed E-state index contributed by atoms with van der Waals surface area (Å²) < 4.78 is 34.1. The fraction of sp³-hybridized carbons (Fsp3) is 0.222. The summed E-state index contributed by atoms with van der Waals surface area (Å²) >= 11 is 0. The van der Waals surface area contributed by atoms with Gasteiger partial charge in [0, 0.05) is 45.7 Å². The molecule has 0 fully saturated rings. The lowest BCUT2D eigenvalue weighted by atomic mass is 10.1. The van der Waals surface area contributed by atoms with E-state index in [1.807, 2.05) is 13.8 Å². The van der Waals surface area contributed by atoms with Crippen molar-refractivity contribution >= 4 is 33.3 Å². The quantitative estimate of drug-likeness (QED) is 0.345. The number of hydrogen-bond donors (Lipinski definition) is 2. The van der Waals surface area contributed by atoms with Gasteiger partial charge in [-0.2, -0.15) is 0 Å². The number of hydrogen-bond acceptors (Lipinski definition) is 8. The Morgan fingerprint density at radius 2 is 0.963 bits per heavy atom. The van der Waals surface area contributed by atoms with Crippen LogP contribution >= 0.6 is 0 Å². The van der Waals surface area contributed by atoms with E-state index >= 15 is 0 Å². The third-order valence-electron chi connectivity index (χ3n) is 3.11. The van der Waals surface area contributed by atoms with Crippen LogP contribution in [0.15, 0.2) is 48.5 Å². The van der Waals surface area contributed by atoms with Gasteiger partial charge in [0.2, 0.25) is 0 Å². The van der Waals surface area contributed by atoms with Gasteiger partial charge < -0.3 is 20.6 Å². The fourth-order valence-corrected chi connectivity index (χ4v) is 1.75. The molecule has 27 heavy (non-hydrogen) atoms. The van der Waals surface area contributed by atoms with Gasteiger partial charge in [0.25, 0.3) is 0 Å². The zero-order valence-corrected chi connectivity index (χ0v) is 15.9. The summed E-state index contributed by atoms with van der Waals surface area (Å²) in [5, 5.41) is 0. The van der Waals surface area contributed by atoms with Crippen LogP contribution in [0.2, 0.25) is 0 Å². The number of carbonyl (C=O) groups excluding carboxylic acids is 2. The van der Waals surface area contributed by atoms with Gasteiger partial charge in [0.1, 0.15) is 0 Å². The zero-order chi connectivity index (χ0) is 21.0. The Kier molecular flexibility index (Phi) is 10.6. The molecule has 8 nitrogen and oxygen atoms in total. The van der Waals surface area contributed by atoms with Crippen molar-refractivity contribution in [2.75, 3.05) is 11.5 Å². The molecule has 4 N–H and O–H groups in total. The molecule has 0 aromatic heterocycles. The number of ketones is 2. The van der Waals surface area contributed by atoms with Gasteiger partial charge >= 0.3 is 0 Å². The lowest BCUT2D eigenvalue weighted by molar-refractivity contribution is 0.0980. The van der Waals surface area contributed by atoms with E-state index in [1.165, 1.54) is 0 Å². The van der Waals surface area contributed by atoms with E-state index in [-0.39, 0.29) is 11.6 Å². The monoisotopic (exact) mass is 394 g/mol. The van der Waals surface area contributed by atoms with E-state index in [4.69, 9.17) is 29.0 Å². The first-order valence-electron chi connectivity index (χ1n) is 7.92. The van der Waals surface area contributed by atoms with Crippen molar-refractivity contribution < 1.29 is 27.1 Å². The Morgan fingerprint density at radius 1 is 0.741 bits per heavy atom. The molecule has 0 aliphatic carbocycles. The lowest BCUT2D eigenvalue weighted by Crippen LogP contribution is -1.96. The van der Waals surface area contributed by atoms with Gasteiger partial charge in [-0.15, -0.1) is 0 Å². The molecule has 0 heterocycles. The minimum Gasteiger partial charge on any atom is -0.759 e. The van der Waals surface area contributed by atoms with Gasteiger partial charge in [-0.3, -0.25) is 18.0 Å². The number of nitrogens with two attached hydrogens (primary N) is 2. The summed E-state index contributed by atoms with van der Waals surface area (Å²) in [5.74, 6) is 0.315. The topological polar surface area (TPSA) is 166 Å². The molecule has 148 valence electrons. The highest BCUT2D eigenvalue weighted by molar-refractivity contribution is 7.79. The van der Waals surface area contributed by atoms with Crippen LogP contribution in [0, 0.1) is 0 Å². The van der Waals surface area contributed by atoms with Crippen molar-refractivity contribution in [1.29, 1.82) is 0 Å². The van der Waals surface area contributed by atoms with Crippen molar-refractivity contribution in [3.05, 3.63) is 59.7 Å². The van der Waals surface area contributed by atoms with Gasteiger partial charge in [-0.05, 0) is 48.5 Å². The predicted molar refractivity (Wildman–Crippen MR) is 101 cm³/mol. The van der Waals surface area contributed by atoms with Gasteiger partial charge in [0.15, 0.2) is 11.6 Å². The maximum absolute atomic E-state index is 11.1. The standard InChI is InChI=1S/2C9H11NO.H2O4S/c2*1-2-9(11)7-3-5-8(10)6-4-7;1-5(2,3)4/h2*3-6H,2,10H2,1H3;(H2,1,2,3,4)/p-2. The second-order valence-electron chi connectivity index (χ2n) is 5.21. The second kappa shape index (κ2) is 11.8. The molecule has 0 atom stereocenters. The Bertz CT molecular complexity index is 766. The number of rotatable bonds is 4. The van der Waals surface area contributed by atoms with Gasteiger partial charge in [-0.25, -0.2) is 0 Å². The molecule has 0 saturated heterocycles. The third-order valence-corrected chi connectivity index (χ3v) is 3.11. The summed E-state index contributed by atoms with van der Waals surface area (Å²) in [6, 6.07) is 14.0. The normalized spacial score (nSPS) is 9.93. The molecule has 0 saturated carbocycles. The van der Waals surface area contributed by atoms with E-state index in [0.29, 0.717) is 24.2 Å². The molecule has 0 aliphatic heterocycles. The Balaban J connectivity index is 0.000000405. The van der Waals surface area contributed by atoms with Crippen molar-refractivity contribution in [2.24, 2.45) is 0 Å². The first-order valence-corrected chi connectivity index (χ1v) is 9.25. The average Bonchev–Trinajstić information content (AvgIpc) is 2.61. The van der Waals surface area contributed by atoms with Crippen molar-refractivity contribution in [2.45, 2.75) is 26.7 Å². The van der Waals surface area contributed by atoms with E-state index in [2.05, 4.69) is 0 Å². The van der Waals surface area contributed by atoms with Gasteiger partial charge in [-0.1, -0.05) is 13.8 Å². The molecule has 2 aromatic rings. The summed E-state index contributed by atoms with van der Waals surface area (Å²) in [6.45, 7) is 3.69. The molecule has 0 amide bonds. The number of anilines is 2. The fourth-order valence-electron chi connectivity index (χ4n) is 1.75. The summed E-state index contributed by atoms with van der Waals surface area (Å²) in [5.41, 5.74) is 13.8. The Morgan fingerprint density at radius 3 is 1.15 bits per heavy atom. The molecule has 0 bridgehead atoms. The van der Waals surface area contributed by atoms with Crippen LogP contribution in [0.4, 0.5) is 11.4 Å². The Labute approximate surface area is 158 Å². The van der Waals surface area contributed by atoms with Crippen molar-refractivity contribution in [3.8, 4) is 0 Å². The van der Waals surface area contributed by atoms with Crippen LogP contribution in [0.25, 0.3) is 0 Å². The molecular weight excluding hydrogens is 372 g/mol. The number of benzene rings is 2. The third kappa shape index (κ3) is 12.3. The minimum atomic E-state index is -5.17. The van der Waals surface area contributed by atoms with Gasteiger partial charge in [0.05, 0.1) is 0 Å². The maximum Gasteiger partial charge on any atom is 0.162 e. The summed E-state index contributed by atoms with van der Waals surface area (Å²) in [6.07, 6.45) is 1.09. The van der Waals surface area contributed by atoms with Crippen molar-refractivity contribution in [3.63, 3.8) is 0 Å². The molecule has 0 unspecified atom stereocenters. The molecule has 0 aliphatic rings. The van der Waals surface area contributed by atoms with Crippen LogP contribution in [0.1, 0.15) is 47.4 Å². The highest BCUT2D eigenvalue weighted by Gasteiger charge is 2.01. The minimum absolute atomic E-state index is 0.157. The number of Topliss-reactive ketones (excluding diaryl/α,β-unsaturated/α-hetero) is 2. The van der Waals surface area contributed by atoms with Crippen LogP contribution < -0.4 is 11.5 Å². The average molecular weight is 394 g/mol. The van der Waals surface area contributed by atoms with Crippen LogP contribution in [-0.2, 0) is 10.4 Å². The lowest BCUT2D eigenvalue weighted by Gasteiger charge is -2.06. The summed E-state index contributed by atoms with van der Waals surface area (Å²) in [4.78, 5) is 22.2. The molecular formula is C18H22N2O6S-2. The van der Waals surface area contributed by atoms with Crippen LogP contribution in [-0.4, -0.2) is 29.1 Å². The molecule has 0 radical (unpaired) electrons. The van der Waals surface area contributed by atoms with Crippen molar-refractivity contribution in [1.82, 2.24) is 0 Å². The Hall–Kier alpha value is -2.75. The zero-order valence-electron chi connectivity index (χ0n) is 15.0. The van der Waals surface area contributed by atoms with Crippen LogP contribution in [0.3, 0.4) is 0 Å². The number of carbonyl (C=O) groups is 2. The SMILES string of the molecule is CCC(=O)c1ccc(N)cc1.CCC(=O)c1ccc(N)cc1.O=S(=O)([O-])[O-]. The summed E-state index contributed by atoms with van der Waals surface area (Å²) in [7, 11) is -5.17. The second-order valence-corrected chi connectivity index (χ2v) is 6.02. The maximum atomic E-state index is 11.1. The van der Waals surface area contributed by atoms with E-state index in [1.54, 1.807) is 48.5 Å². The smallest absolute Gasteiger partial charge is 0.162 e. The number of nitrogen functional groups attached to an aromatic ring is 2. The van der Waals surface area contributed by atoms with E-state index < -0.39 is 10.4 Å². The highest BCUT2D eigenvalue weighted by Crippen LogP contribution is 2.08. The van der Waals surface area contributed by atoms with E-state index in [0.717, 1.165) is 11.1 Å². The van der Waals surface area contributed by atoms with E-state index in [9.17, 15) is 9.59 Å². The molecule has 2 rings (SSSR count). The molecule has 9 heteroatoms. The predicted octanol–water partition coefficient (Wildman–Crippen LogP) is 2.39. The largest absolute Gasteiger partial charge is 0.759 e. The highest BCUT2D eigenvalue weighted by atomic mass is 32.3. The molecule has 2 aromatic carbocycles.